The number of rotatable bonds is 3. The van der Waals surface area contributed by atoms with Crippen LogP contribution in [0.25, 0.3) is 0 Å². The fourth-order valence-electron chi connectivity index (χ4n) is 2.79. The van der Waals surface area contributed by atoms with Gasteiger partial charge in [-0.15, -0.1) is 0 Å². The van der Waals surface area contributed by atoms with E-state index in [-0.39, 0.29) is 29.8 Å². The second-order valence-corrected chi connectivity index (χ2v) is 6.34. The van der Waals surface area contributed by atoms with E-state index in [0.29, 0.717) is 0 Å². The van der Waals surface area contributed by atoms with E-state index in [1.54, 1.807) is 0 Å². The molecule has 0 bridgehead atoms. The van der Waals surface area contributed by atoms with Crippen molar-refractivity contribution in [2.24, 2.45) is 11.3 Å². The largest absolute Gasteiger partial charge is 0.350 e. The molecule has 1 aliphatic carbocycles. The lowest BCUT2D eigenvalue weighted by atomic mass is 9.82. The van der Waals surface area contributed by atoms with Gasteiger partial charge in [0.2, 0.25) is 11.8 Å². The highest BCUT2D eigenvalue weighted by molar-refractivity contribution is 5.88. The average Bonchev–Trinajstić information content (AvgIpc) is 3.24. The Morgan fingerprint density at radius 1 is 1.25 bits per heavy atom. The third-order valence-corrected chi connectivity index (χ3v) is 4.39. The van der Waals surface area contributed by atoms with Crippen LogP contribution in [0.2, 0.25) is 0 Å². The SMILES string of the molecule is CC1(C)C(=O)N[C@H](c2ccccc2)C1NC(=O)C1CC1. The maximum atomic E-state index is 12.2. The van der Waals surface area contributed by atoms with E-state index in [2.05, 4.69) is 10.6 Å². The second kappa shape index (κ2) is 4.62. The van der Waals surface area contributed by atoms with E-state index in [4.69, 9.17) is 0 Å². The lowest BCUT2D eigenvalue weighted by molar-refractivity contribution is -0.127. The summed E-state index contributed by atoms with van der Waals surface area (Å²) >= 11 is 0. The summed E-state index contributed by atoms with van der Waals surface area (Å²) in [6, 6.07) is 9.47. The van der Waals surface area contributed by atoms with E-state index in [0.717, 1.165) is 18.4 Å². The number of hydrogen-bond donors (Lipinski definition) is 2. The van der Waals surface area contributed by atoms with Crippen molar-refractivity contribution in [3.05, 3.63) is 35.9 Å². The molecule has 4 heteroatoms. The van der Waals surface area contributed by atoms with Crippen molar-refractivity contribution in [3.63, 3.8) is 0 Å². The third kappa shape index (κ3) is 2.19. The van der Waals surface area contributed by atoms with E-state index in [1.165, 1.54) is 0 Å². The van der Waals surface area contributed by atoms with Crippen molar-refractivity contribution in [2.75, 3.05) is 0 Å². The zero-order valence-corrected chi connectivity index (χ0v) is 11.8. The first-order chi connectivity index (χ1) is 9.50. The van der Waals surface area contributed by atoms with Gasteiger partial charge in [0, 0.05) is 5.92 Å². The number of nitrogens with one attached hydrogen (secondary N) is 2. The Morgan fingerprint density at radius 2 is 1.90 bits per heavy atom. The highest BCUT2D eigenvalue weighted by Crippen LogP contribution is 2.38. The Hall–Kier alpha value is -1.84. The lowest BCUT2D eigenvalue weighted by Gasteiger charge is -2.28. The van der Waals surface area contributed by atoms with Crippen LogP contribution < -0.4 is 10.6 Å². The molecule has 0 aromatic heterocycles. The topological polar surface area (TPSA) is 58.2 Å². The minimum absolute atomic E-state index is 0.00699. The Balaban J connectivity index is 1.87. The molecule has 2 aliphatic rings. The number of benzene rings is 1. The van der Waals surface area contributed by atoms with Crippen LogP contribution in [0.5, 0.6) is 0 Å². The van der Waals surface area contributed by atoms with Gasteiger partial charge in [0.05, 0.1) is 17.5 Å². The monoisotopic (exact) mass is 272 g/mol. The maximum Gasteiger partial charge on any atom is 0.228 e. The standard InChI is InChI=1S/C16H20N2O2/c1-16(2)13(18-14(19)11-8-9-11)12(17-15(16)20)10-6-4-3-5-7-10/h3-7,11-13H,8-9H2,1-2H3,(H,17,20)(H,18,19)/t12-,13?/m1/s1. The first-order valence-electron chi connectivity index (χ1n) is 7.16. The maximum absolute atomic E-state index is 12.2. The van der Waals surface area contributed by atoms with Crippen LogP contribution >= 0.6 is 0 Å². The van der Waals surface area contributed by atoms with Crippen LogP contribution in [-0.2, 0) is 9.59 Å². The van der Waals surface area contributed by atoms with Gasteiger partial charge in [0.25, 0.3) is 0 Å². The molecule has 1 heterocycles. The molecule has 1 aromatic rings. The number of amides is 2. The normalized spacial score (nSPS) is 28.0. The first-order valence-corrected chi connectivity index (χ1v) is 7.16. The molecule has 1 saturated heterocycles. The van der Waals surface area contributed by atoms with Gasteiger partial charge in [-0.2, -0.15) is 0 Å². The first kappa shape index (κ1) is 13.2. The summed E-state index contributed by atoms with van der Waals surface area (Å²) in [5, 5.41) is 6.11. The van der Waals surface area contributed by atoms with Gasteiger partial charge in [0.15, 0.2) is 0 Å². The van der Waals surface area contributed by atoms with Crippen LogP contribution in [-0.4, -0.2) is 17.9 Å². The second-order valence-electron chi connectivity index (χ2n) is 6.34. The van der Waals surface area contributed by atoms with Gasteiger partial charge < -0.3 is 10.6 Å². The summed E-state index contributed by atoms with van der Waals surface area (Å²) in [6.45, 7) is 3.78. The number of carbonyl (C=O) groups excluding carboxylic acids is 2. The van der Waals surface area contributed by atoms with Crippen molar-refractivity contribution in [3.8, 4) is 0 Å². The van der Waals surface area contributed by atoms with Gasteiger partial charge >= 0.3 is 0 Å². The molecule has 2 N–H and O–H groups in total. The van der Waals surface area contributed by atoms with Crippen molar-refractivity contribution in [1.82, 2.24) is 10.6 Å². The van der Waals surface area contributed by atoms with Crippen molar-refractivity contribution >= 4 is 11.8 Å². The Bertz CT molecular complexity index is 535. The molecule has 106 valence electrons. The Kier molecular flexibility index (Phi) is 3.04. The zero-order chi connectivity index (χ0) is 14.3. The molecule has 0 spiro atoms. The van der Waals surface area contributed by atoms with Crippen LogP contribution in [0.4, 0.5) is 0 Å². The van der Waals surface area contributed by atoms with Crippen LogP contribution in [0.1, 0.15) is 38.3 Å². The molecule has 2 amide bonds. The highest BCUT2D eigenvalue weighted by Gasteiger charge is 2.50. The van der Waals surface area contributed by atoms with E-state index < -0.39 is 5.41 Å². The van der Waals surface area contributed by atoms with Crippen molar-refractivity contribution in [1.29, 1.82) is 0 Å². The molecular weight excluding hydrogens is 252 g/mol. The number of carbonyl (C=O) groups is 2. The fourth-order valence-corrected chi connectivity index (χ4v) is 2.79. The molecule has 0 radical (unpaired) electrons. The molecule has 1 saturated carbocycles. The summed E-state index contributed by atoms with van der Waals surface area (Å²) in [4.78, 5) is 24.3. The molecule has 1 aromatic carbocycles. The molecule has 2 atom stereocenters. The number of hydrogen-bond acceptors (Lipinski definition) is 2. The summed E-state index contributed by atoms with van der Waals surface area (Å²) in [5.74, 6) is 0.228. The molecular formula is C16H20N2O2. The smallest absolute Gasteiger partial charge is 0.228 e. The van der Waals surface area contributed by atoms with E-state index in [1.807, 2.05) is 44.2 Å². The van der Waals surface area contributed by atoms with Crippen molar-refractivity contribution in [2.45, 2.75) is 38.8 Å². The highest BCUT2D eigenvalue weighted by atomic mass is 16.2. The third-order valence-electron chi connectivity index (χ3n) is 4.39. The van der Waals surface area contributed by atoms with Gasteiger partial charge in [-0.3, -0.25) is 9.59 Å². The minimum Gasteiger partial charge on any atom is -0.350 e. The molecule has 4 nitrogen and oxygen atoms in total. The van der Waals surface area contributed by atoms with Gasteiger partial charge in [-0.25, -0.2) is 0 Å². The lowest BCUT2D eigenvalue weighted by Crippen LogP contribution is -2.46. The van der Waals surface area contributed by atoms with Crippen LogP contribution in [0.15, 0.2) is 30.3 Å². The van der Waals surface area contributed by atoms with Gasteiger partial charge in [-0.1, -0.05) is 30.3 Å². The fraction of sp³-hybridized carbons (Fsp3) is 0.500. The van der Waals surface area contributed by atoms with Crippen LogP contribution in [0.3, 0.4) is 0 Å². The van der Waals surface area contributed by atoms with Crippen LogP contribution in [0, 0.1) is 11.3 Å². The van der Waals surface area contributed by atoms with Gasteiger partial charge in [0.1, 0.15) is 0 Å². The summed E-state index contributed by atoms with van der Waals surface area (Å²) in [7, 11) is 0. The van der Waals surface area contributed by atoms with E-state index >= 15 is 0 Å². The van der Waals surface area contributed by atoms with E-state index in [9.17, 15) is 9.59 Å². The predicted octanol–water partition coefficient (Wildman–Crippen LogP) is 1.78. The average molecular weight is 272 g/mol. The molecule has 2 fully saturated rings. The predicted molar refractivity (Wildman–Crippen MR) is 75.8 cm³/mol. The summed E-state index contributed by atoms with van der Waals surface area (Å²) in [5.41, 5.74) is 0.443. The Labute approximate surface area is 118 Å². The minimum atomic E-state index is -0.592. The molecule has 20 heavy (non-hydrogen) atoms. The summed E-state index contributed by atoms with van der Waals surface area (Å²) in [6.07, 6.45) is 1.94. The quantitative estimate of drug-likeness (QED) is 0.881. The molecule has 1 aliphatic heterocycles. The molecule has 3 rings (SSSR count). The van der Waals surface area contributed by atoms with Gasteiger partial charge in [-0.05, 0) is 32.3 Å². The summed E-state index contributed by atoms with van der Waals surface area (Å²) < 4.78 is 0. The molecule has 1 unspecified atom stereocenters. The Morgan fingerprint density at radius 3 is 2.50 bits per heavy atom. The zero-order valence-electron chi connectivity index (χ0n) is 11.8. The van der Waals surface area contributed by atoms with Crippen molar-refractivity contribution < 1.29 is 9.59 Å².